The minimum Gasteiger partial charge on any atom is -0.496 e. The number of ether oxygens (including phenoxy) is 1. The number of aryl methyl sites for hydroxylation is 2. The molecule has 5 nitrogen and oxygen atoms in total. The van der Waals surface area contributed by atoms with Crippen molar-refractivity contribution in [3.05, 3.63) is 83.6 Å². The molecule has 0 radical (unpaired) electrons. The molecule has 2 aromatic heterocycles. The Balaban J connectivity index is 1.47. The summed E-state index contributed by atoms with van der Waals surface area (Å²) in [4.78, 5) is 4.54. The highest BCUT2D eigenvalue weighted by Gasteiger charge is 2.09. The molecule has 4 rings (SSSR count). The van der Waals surface area contributed by atoms with E-state index < -0.39 is 0 Å². The zero-order chi connectivity index (χ0) is 20.2. The van der Waals surface area contributed by atoms with Crippen molar-refractivity contribution in [1.82, 2.24) is 15.2 Å². The van der Waals surface area contributed by atoms with E-state index in [-0.39, 0.29) is 0 Å². The number of aromatic amines is 1. The molecular weight excluding hydrogens is 360 g/mol. The third-order valence-corrected chi connectivity index (χ3v) is 4.97. The summed E-state index contributed by atoms with van der Waals surface area (Å²) in [5.74, 6) is 1.69. The van der Waals surface area contributed by atoms with Crippen molar-refractivity contribution >= 4 is 5.82 Å². The average molecular weight is 384 g/mol. The topological polar surface area (TPSA) is 62.8 Å². The lowest BCUT2D eigenvalue weighted by Gasteiger charge is -2.11. The van der Waals surface area contributed by atoms with E-state index in [0.29, 0.717) is 6.54 Å². The number of H-pyrrole nitrogens is 1. The van der Waals surface area contributed by atoms with Crippen molar-refractivity contribution < 1.29 is 4.74 Å². The lowest BCUT2D eigenvalue weighted by molar-refractivity contribution is 0.410. The molecular formula is C24H24N4O. The monoisotopic (exact) mass is 384 g/mol. The summed E-state index contributed by atoms with van der Waals surface area (Å²) >= 11 is 0. The van der Waals surface area contributed by atoms with E-state index in [1.165, 1.54) is 11.1 Å². The molecule has 2 aromatic carbocycles. The third-order valence-electron chi connectivity index (χ3n) is 4.97. The Labute approximate surface area is 170 Å². The molecule has 0 unspecified atom stereocenters. The molecule has 0 amide bonds. The van der Waals surface area contributed by atoms with Gasteiger partial charge < -0.3 is 10.1 Å². The molecule has 0 aliphatic heterocycles. The van der Waals surface area contributed by atoms with Gasteiger partial charge in [-0.3, -0.25) is 5.10 Å². The molecule has 0 spiro atoms. The van der Waals surface area contributed by atoms with Crippen LogP contribution in [-0.2, 0) is 6.54 Å². The van der Waals surface area contributed by atoms with Crippen LogP contribution in [0.25, 0.3) is 22.5 Å². The van der Waals surface area contributed by atoms with Crippen LogP contribution in [0.5, 0.6) is 5.75 Å². The molecule has 0 bridgehead atoms. The van der Waals surface area contributed by atoms with Crippen LogP contribution in [0.1, 0.15) is 16.7 Å². The summed E-state index contributed by atoms with van der Waals surface area (Å²) in [6.07, 6.45) is 1.84. The molecule has 0 fully saturated rings. The quantitative estimate of drug-likeness (QED) is 0.469. The minimum absolute atomic E-state index is 0.648. The first-order valence-electron chi connectivity index (χ1n) is 9.59. The summed E-state index contributed by atoms with van der Waals surface area (Å²) in [6, 6.07) is 20.5. The van der Waals surface area contributed by atoms with Gasteiger partial charge in [-0.2, -0.15) is 5.10 Å². The minimum atomic E-state index is 0.648. The van der Waals surface area contributed by atoms with Gasteiger partial charge in [0.05, 0.1) is 18.5 Å². The summed E-state index contributed by atoms with van der Waals surface area (Å²) in [6.45, 7) is 4.80. The van der Waals surface area contributed by atoms with E-state index in [2.05, 4.69) is 64.7 Å². The van der Waals surface area contributed by atoms with Crippen LogP contribution >= 0.6 is 0 Å². The van der Waals surface area contributed by atoms with E-state index in [1.54, 1.807) is 7.11 Å². The number of nitrogens with zero attached hydrogens (tertiary/aromatic N) is 2. The predicted molar refractivity (Wildman–Crippen MR) is 117 cm³/mol. The number of pyridine rings is 1. The highest BCUT2D eigenvalue weighted by molar-refractivity contribution is 5.70. The van der Waals surface area contributed by atoms with Crippen molar-refractivity contribution in [2.24, 2.45) is 0 Å². The molecule has 146 valence electrons. The van der Waals surface area contributed by atoms with Crippen LogP contribution < -0.4 is 10.1 Å². The number of anilines is 1. The number of rotatable bonds is 6. The van der Waals surface area contributed by atoms with Crippen LogP contribution in [0.4, 0.5) is 5.82 Å². The Morgan fingerprint density at radius 2 is 1.86 bits per heavy atom. The van der Waals surface area contributed by atoms with E-state index in [1.807, 2.05) is 36.5 Å². The standard InChI is InChI=1S/C24H24N4O/c1-16-8-9-19(23(12-16)29-3)15-26-24-11-10-18(14-25-24)21-13-22(28-27-21)20-7-5-4-6-17(20)2/h4-14H,15H2,1-3H3,(H,25,26)(H,27,28). The van der Waals surface area contributed by atoms with E-state index in [4.69, 9.17) is 4.74 Å². The SMILES string of the molecule is COc1cc(C)ccc1CNc1ccc(-c2cc(-c3ccccc3C)[nH]n2)cn1. The number of nitrogens with one attached hydrogen (secondary N) is 2. The summed E-state index contributed by atoms with van der Waals surface area (Å²) in [7, 11) is 1.69. The van der Waals surface area contributed by atoms with Gasteiger partial charge in [-0.05, 0) is 49.2 Å². The number of aromatic nitrogens is 3. The number of hydrogen-bond acceptors (Lipinski definition) is 4. The van der Waals surface area contributed by atoms with Crippen LogP contribution in [0.3, 0.4) is 0 Å². The van der Waals surface area contributed by atoms with Crippen molar-refractivity contribution in [1.29, 1.82) is 0 Å². The second kappa shape index (κ2) is 8.19. The fraction of sp³-hybridized carbons (Fsp3) is 0.167. The van der Waals surface area contributed by atoms with Gasteiger partial charge in [0.1, 0.15) is 11.6 Å². The molecule has 0 aliphatic carbocycles. The highest BCUT2D eigenvalue weighted by Crippen LogP contribution is 2.26. The lowest BCUT2D eigenvalue weighted by Crippen LogP contribution is -2.03. The fourth-order valence-corrected chi connectivity index (χ4v) is 3.32. The first-order chi connectivity index (χ1) is 14.1. The second-order valence-electron chi connectivity index (χ2n) is 7.08. The van der Waals surface area contributed by atoms with E-state index in [9.17, 15) is 0 Å². The molecule has 29 heavy (non-hydrogen) atoms. The maximum Gasteiger partial charge on any atom is 0.126 e. The largest absolute Gasteiger partial charge is 0.496 e. The normalized spacial score (nSPS) is 10.7. The van der Waals surface area contributed by atoms with Crippen LogP contribution in [-0.4, -0.2) is 22.3 Å². The van der Waals surface area contributed by atoms with Crippen molar-refractivity contribution in [3.8, 4) is 28.3 Å². The van der Waals surface area contributed by atoms with Gasteiger partial charge in [0.25, 0.3) is 0 Å². The fourth-order valence-electron chi connectivity index (χ4n) is 3.32. The lowest BCUT2D eigenvalue weighted by atomic mass is 10.1. The van der Waals surface area contributed by atoms with Gasteiger partial charge in [-0.25, -0.2) is 4.98 Å². The van der Waals surface area contributed by atoms with Gasteiger partial charge in [0.15, 0.2) is 0 Å². The smallest absolute Gasteiger partial charge is 0.126 e. The van der Waals surface area contributed by atoms with Gasteiger partial charge in [-0.15, -0.1) is 0 Å². The second-order valence-corrected chi connectivity index (χ2v) is 7.08. The average Bonchev–Trinajstić information content (AvgIpc) is 3.23. The molecule has 2 heterocycles. The first kappa shape index (κ1) is 18.7. The molecule has 2 N–H and O–H groups in total. The maximum absolute atomic E-state index is 5.47. The van der Waals surface area contributed by atoms with E-state index in [0.717, 1.165) is 39.6 Å². The van der Waals surface area contributed by atoms with Gasteiger partial charge in [-0.1, -0.05) is 36.4 Å². The van der Waals surface area contributed by atoms with Gasteiger partial charge >= 0.3 is 0 Å². The maximum atomic E-state index is 5.47. The van der Waals surface area contributed by atoms with Crippen LogP contribution in [0, 0.1) is 13.8 Å². The Bertz CT molecular complexity index is 1120. The number of benzene rings is 2. The van der Waals surface area contributed by atoms with Crippen molar-refractivity contribution in [3.63, 3.8) is 0 Å². The molecule has 0 saturated carbocycles. The zero-order valence-corrected chi connectivity index (χ0v) is 16.9. The summed E-state index contributed by atoms with van der Waals surface area (Å²) in [5.41, 5.74) is 7.50. The number of methoxy groups -OCH3 is 1. The van der Waals surface area contributed by atoms with E-state index >= 15 is 0 Å². The molecule has 0 saturated heterocycles. The zero-order valence-electron chi connectivity index (χ0n) is 16.9. The van der Waals surface area contributed by atoms with Crippen LogP contribution in [0.2, 0.25) is 0 Å². The van der Waals surface area contributed by atoms with Crippen molar-refractivity contribution in [2.45, 2.75) is 20.4 Å². The molecule has 0 atom stereocenters. The van der Waals surface area contributed by atoms with Crippen LogP contribution in [0.15, 0.2) is 66.9 Å². The number of hydrogen-bond donors (Lipinski definition) is 2. The third kappa shape index (κ3) is 4.14. The Morgan fingerprint density at radius 3 is 2.62 bits per heavy atom. The molecule has 4 aromatic rings. The Hall–Kier alpha value is -3.60. The van der Waals surface area contributed by atoms with Gasteiger partial charge in [0, 0.05) is 29.4 Å². The van der Waals surface area contributed by atoms with Crippen molar-refractivity contribution in [2.75, 3.05) is 12.4 Å². The predicted octanol–water partition coefficient (Wildman–Crippen LogP) is 5.38. The van der Waals surface area contributed by atoms with Gasteiger partial charge in [0.2, 0.25) is 0 Å². The summed E-state index contributed by atoms with van der Waals surface area (Å²) < 4.78 is 5.47. The highest BCUT2D eigenvalue weighted by atomic mass is 16.5. The Kier molecular flexibility index (Phi) is 5.29. The Morgan fingerprint density at radius 1 is 1.00 bits per heavy atom. The first-order valence-corrected chi connectivity index (χ1v) is 9.59. The molecule has 0 aliphatic rings. The molecule has 5 heteroatoms. The summed E-state index contributed by atoms with van der Waals surface area (Å²) in [5, 5.41) is 10.9.